The van der Waals surface area contributed by atoms with Crippen molar-refractivity contribution >= 4 is 28.2 Å². The highest BCUT2D eigenvalue weighted by Crippen LogP contribution is 2.34. The Labute approximate surface area is 218 Å². The van der Waals surface area contributed by atoms with Crippen LogP contribution in [-0.2, 0) is 6.18 Å². The number of carbonyl (C=O) groups is 1. The molecule has 0 saturated heterocycles. The SMILES string of the molecule is O=C(NCCCNc1nccc(-c2c(-c3cccc(F)c3)nc3sccn23)n1)c1ccc(C(F)(F)F)cc1. The summed E-state index contributed by atoms with van der Waals surface area (Å²) in [5, 5.41) is 7.69. The number of anilines is 1. The number of imidazole rings is 1. The van der Waals surface area contributed by atoms with Crippen LogP contribution in [0, 0.1) is 5.82 Å². The van der Waals surface area contributed by atoms with Gasteiger partial charge in [0.1, 0.15) is 11.5 Å². The second kappa shape index (κ2) is 10.6. The maximum absolute atomic E-state index is 13.9. The van der Waals surface area contributed by atoms with Gasteiger partial charge in [-0.3, -0.25) is 9.20 Å². The van der Waals surface area contributed by atoms with Crippen LogP contribution in [0.1, 0.15) is 22.3 Å². The number of carbonyl (C=O) groups excluding carboxylic acids is 1. The lowest BCUT2D eigenvalue weighted by Gasteiger charge is -2.09. The number of benzene rings is 2. The van der Waals surface area contributed by atoms with Crippen molar-refractivity contribution in [1.29, 1.82) is 0 Å². The van der Waals surface area contributed by atoms with E-state index < -0.39 is 17.6 Å². The van der Waals surface area contributed by atoms with Gasteiger partial charge in [0, 0.05) is 42.0 Å². The second-order valence-corrected chi connectivity index (χ2v) is 9.12. The Morgan fingerprint density at radius 3 is 2.61 bits per heavy atom. The largest absolute Gasteiger partial charge is 0.416 e. The number of amides is 1. The van der Waals surface area contributed by atoms with Crippen molar-refractivity contribution in [3.05, 3.63) is 89.3 Å². The minimum Gasteiger partial charge on any atom is -0.354 e. The van der Waals surface area contributed by atoms with E-state index in [2.05, 4.69) is 25.6 Å². The number of hydrogen-bond donors (Lipinski definition) is 2. The molecule has 2 aromatic carbocycles. The standard InChI is InChI=1S/C26H20F4N6OS/c27-19-4-1-3-17(15-19)21-22(36-13-14-38-25(36)35-21)20-9-12-33-24(34-20)32-11-2-10-31-23(37)16-5-7-18(8-6-16)26(28,29)30/h1,3-9,12-15H,2,10-11H2,(H,31,37)(H,32,33,34). The Kier molecular flexibility index (Phi) is 7.05. The molecular formula is C26H20F4N6OS. The molecule has 2 N–H and O–H groups in total. The molecule has 0 saturated carbocycles. The molecule has 0 bridgehead atoms. The second-order valence-electron chi connectivity index (χ2n) is 8.25. The van der Waals surface area contributed by atoms with Crippen LogP contribution in [0.4, 0.5) is 23.5 Å². The van der Waals surface area contributed by atoms with Crippen LogP contribution in [0.5, 0.6) is 0 Å². The minimum atomic E-state index is -4.45. The zero-order valence-electron chi connectivity index (χ0n) is 19.7. The van der Waals surface area contributed by atoms with E-state index in [1.165, 1.54) is 23.5 Å². The van der Waals surface area contributed by atoms with Gasteiger partial charge in [-0.2, -0.15) is 13.2 Å². The fraction of sp³-hybridized carbons (Fsp3) is 0.154. The summed E-state index contributed by atoms with van der Waals surface area (Å²) in [6.45, 7) is 0.738. The zero-order chi connectivity index (χ0) is 26.7. The highest BCUT2D eigenvalue weighted by Gasteiger charge is 2.30. The van der Waals surface area contributed by atoms with E-state index in [0.29, 0.717) is 48.1 Å². The molecule has 0 aliphatic carbocycles. The Hall–Kier alpha value is -4.32. The van der Waals surface area contributed by atoms with E-state index in [4.69, 9.17) is 0 Å². The van der Waals surface area contributed by atoms with Crippen molar-refractivity contribution in [2.24, 2.45) is 0 Å². The van der Waals surface area contributed by atoms with Gasteiger partial charge in [0.15, 0.2) is 4.96 Å². The van der Waals surface area contributed by atoms with Gasteiger partial charge in [0.2, 0.25) is 5.95 Å². The lowest BCUT2D eigenvalue weighted by Crippen LogP contribution is -2.26. The van der Waals surface area contributed by atoms with Gasteiger partial charge in [0.25, 0.3) is 5.91 Å². The Bertz CT molecular complexity index is 1580. The number of rotatable bonds is 8. The number of aromatic nitrogens is 4. The van der Waals surface area contributed by atoms with Crippen LogP contribution in [0.25, 0.3) is 27.6 Å². The molecule has 1 amide bonds. The minimum absolute atomic E-state index is 0.150. The first-order valence-electron chi connectivity index (χ1n) is 11.5. The Balaban J connectivity index is 1.22. The van der Waals surface area contributed by atoms with E-state index in [9.17, 15) is 22.4 Å². The fourth-order valence-corrected chi connectivity index (χ4v) is 4.56. The highest BCUT2D eigenvalue weighted by molar-refractivity contribution is 7.15. The average Bonchev–Trinajstić information content (AvgIpc) is 3.50. The third-order valence-electron chi connectivity index (χ3n) is 5.66. The summed E-state index contributed by atoms with van der Waals surface area (Å²) in [6.07, 6.45) is -0.442. The molecule has 0 aliphatic heterocycles. The Morgan fingerprint density at radius 2 is 1.84 bits per heavy atom. The number of fused-ring (bicyclic) bond motifs is 1. The molecule has 0 aliphatic rings. The molecule has 3 heterocycles. The average molecular weight is 541 g/mol. The van der Waals surface area contributed by atoms with E-state index in [1.807, 2.05) is 16.0 Å². The van der Waals surface area contributed by atoms with Crippen molar-refractivity contribution in [2.75, 3.05) is 18.4 Å². The number of alkyl halides is 3. The summed E-state index contributed by atoms with van der Waals surface area (Å²) in [6, 6.07) is 12.0. The van der Waals surface area contributed by atoms with E-state index in [-0.39, 0.29) is 11.4 Å². The van der Waals surface area contributed by atoms with E-state index in [1.54, 1.807) is 24.4 Å². The first-order valence-corrected chi connectivity index (χ1v) is 12.4. The molecule has 0 spiro atoms. The summed E-state index contributed by atoms with van der Waals surface area (Å²) in [5.41, 5.74) is 1.89. The van der Waals surface area contributed by atoms with Gasteiger partial charge >= 0.3 is 6.18 Å². The molecule has 5 rings (SSSR count). The van der Waals surface area contributed by atoms with Crippen LogP contribution in [0.2, 0.25) is 0 Å². The molecule has 0 fully saturated rings. The third kappa shape index (κ3) is 5.49. The number of nitrogens with one attached hydrogen (secondary N) is 2. The molecule has 38 heavy (non-hydrogen) atoms. The topological polar surface area (TPSA) is 84.2 Å². The lowest BCUT2D eigenvalue weighted by molar-refractivity contribution is -0.137. The van der Waals surface area contributed by atoms with Gasteiger partial charge < -0.3 is 10.6 Å². The van der Waals surface area contributed by atoms with Gasteiger partial charge in [-0.1, -0.05) is 12.1 Å². The number of halogens is 4. The summed E-state index contributed by atoms with van der Waals surface area (Å²) >= 11 is 1.46. The van der Waals surface area contributed by atoms with Gasteiger partial charge in [-0.05, 0) is 48.9 Å². The first-order chi connectivity index (χ1) is 18.3. The molecular weight excluding hydrogens is 520 g/mol. The maximum atomic E-state index is 13.9. The van der Waals surface area contributed by atoms with Crippen molar-refractivity contribution in [1.82, 2.24) is 24.7 Å². The number of thiazole rings is 1. The van der Waals surface area contributed by atoms with Crippen LogP contribution in [-0.4, -0.2) is 38.3 Å². The summed E-state index contributed by atoms with van der Waals surface area (Å²) < 4.78 is 53.9. The Morgan fingerprint density at radius 1 is 1.03 bits per heavy atom. The van der Waals surface area contributed by atoms with E-state index >= 15 is 0 Å². The first kappa shape index (κ1) is 25.3. The monoisotopic (exact) mass is 540 g/mol. The van der Waals surface area contributed by atoms with Crippen molar-refractivity contribution in [3.8, 4) is 22.6 Å². The fourth-order valence-electron chi connectivity index (χ4n) is 3.85. The highest BCUT2D eigenvalue weighted by atomic mass is 32.1. The van der Waals surface area contributed by atoms with E-state index in [0.717, 1.165) is 29.2 Å². The van der Waals surface area contributed by atoms with Gasteiger partial charge in [-0.15, -0.1) is 11.3 Å². The van der Waals surface area contributed by atoms with Crippen LogP contribution < -0.4 is 10.6 Å². The summed E-state index contributed by atoms with van der Waals surface area (Å²) in [5.74, 6) is -0.449. The molecule has 3 aromatic heterocycles. The summed E-state index contributed by atoms with van der Waals surface area (Å²) in [7, 11) is 0. The van der Waals surface area contributed by atoms with Crippen molar-refractivity contribution < 1.29 is 22.4 Å². The van der Waals surface area contributed by atoms with Crippen LogP contribution >= 0.6 is 11.3 Å². The smallest absolute Gasteiger partial charge is 0.354 e. The van der Waals surface area contributed by atoms with Gasteiger partial charge in [0.05, 0.1) is 17.0 Å². The van der Waals surface area contributed by atoms with Crippen molar-refractivity contribution in [3.63, 3.8) is 0 Å². The molecule has 12 heteroatoms. The number of hydrogen-bond acceptors (Lipinski definition) is 6. The molecule has 0 atom stereocenters. The molecule has 0 unspecified atom stereocenters. The van der Waals surface area contributed by atoms with Crippen LogP contribution in [0.3, 0.4) is 0 Å². The third-order valence-corrected chi connectivity index (χ3v) is 6.41. The number of nitrogens with zero attached hydrogens (tertiary/aromatic N) is 4. The van der Waals surface area contributed by atoms with Crippen LogP contribution in [0.15, 0.2) is 72.4 Å². The molecule has 5 aromatic rings. The normalized spacial score (nSPS) is 11.6. The zero-order valence-corrected chi connectivity index (χ0v) is 20.5. The lowest BCUT2D eigenvalue weighted by atomic mass is 10.1. The predicted molar refractivity (Wildman–Crippen MR) is 136 cm³/mol. The molecule has 194 valence electrons. The molecule has 0 radical (unpaired) electrons. The predicted octanol–water partition coefficient (Wildman–Crippen LogP) is 5.91. The molecule has 7 nitrogen and oxygen atoms in total. The quantitative estimate of drug-likeness (QED) is 0.189. The van der Waals surface area contributed by atoms with Gasteiger partial charge in [-0.25, -0.2) is 19.3 Å². The maximum Gasteiger partial charge on any atom is 0.416 e. The summed E-state index contributed by atoms with van der Waals surface area (Å²) in [4.78, 5) is 26.5. The van der Waals surface area contributed by atoms with Crippen molar-refractivity contribution in [2.45, 2.75) is 12.6 Å².